The van der Waals surface area contributed by atoms with Crippen molar-refractivity contribution < 1.29 is 4.79 Å². The lowest BCUT2D eigenvalue weighted by Crippen LogP contribution is -2.45. The highest BCUT2D eigenvalue weighted by Gasteiger charge is 2.48. The second kappa shape index (κ2) is 4.16. The second-order valence-corrected chi connectivity index (χ2v) is 6.84. The van der Waals surface area contributed by atoms with Crippen LogP contribution in [0.4, 0.5) is 0 Å². The Kier molecular flexibility index (Phi) is 3.16. The first-order chi connectivity index (χ1) is 7.43. The van der Waals surface area contributed by atoms with Gasteiger partial charge in [-0.15, -0.1) is 0 Å². The van der Waals surface area contributed by atoms with Gasteiger partial charge in [0.05, 0.1) is 0 Å². The molecule has 0 unspecified atom stereocenters. The van der Waals surface area contributed by atoms with Crippen LogP contribution in [0.5, 0.6) is 0 Å². The van der Waals surface area contributed by atoms with Gasteiger partial charge >= 0.3 is 0 Å². The summed E-state index contributed by atoms with van der Waals surface area (Å²) < 4.78 is 0. The Bertz CT molecular complexity index is 281. The molecule has 0 saturated heterocycles. The first kappa shape index (κ1) is 12.1. The van der Waals surface area contributed by atoms with Crippen LogP contribution in [-0.4, -0.2) is 5.78 Å². The van der Waals surface area contributed by atoms with Gasteiger partial charge in [0, 0.05) is 12.8 Å². The zero-order chi connectivity index (χ0) is 11.9. The van der Waals surface area contributed by atoms with Crippen molar-refractivity contribution >= 4 is 5.78 Å². The maximum atomic E-state index is 11.7. The molecule has 2 aliphatic carbocycles. The quantitative estimate of drug-likeness (QED) is 0.654. The summed E-state index contributed by atoms with van der Waals surface area (Å²) in [7, 11) is 0. The van der Waals surface area contributed by atoms with Crippen LogP contribution in [0, 0.1) is 29.1 Å². The van der Waals surface area contributed by atoms with Crippen LogP contribution in [0.2, 0.25) is 0 Å². The van der Waals surface area contributed by atoms with Crippen LogP contribution in [-0.2, 0) is 4.79 Å². The third kappa shape index (κ3) is 1.94. The summed E-state index contributed by atoms with van der Waals surface area (Å²) in [6.07, 6.45) is 5.68. The molecular formula is C15H26O. The first-order valence-corrected chi connectivity index (χ1v) is 6.95. The van der Waals surface area contributed by atoms with Crippen LogP contribution in [0.1, 0.15) is 59.8 Å². The first-order valence-electron chi connectivity index (χ1n) is 6.95. The van der Waals surface area contributed by atoms with Gasteiger partial charge in [-0.3, -0.25) is 4.79 Å². The van der Waals surface area contributed by atoms with Crippen LogP contribution < -0.4 is 0 Å². The molecule has 92 valence electrons. The van der Waals surface area contributed by atoms with Crippen molar-refractivity contribution in [3.05, 3.63) is 0 Å². The molecule has 2 aliphatic rings. The summed E-state index contributed by atoms with van der Waals surface area (Å²) in [4.78, 5) is 11.7. The summed E-state index contributed by atoms with van der Waals surface area (Å²) in [5.74, 6) is 3.48. The Labute approximate surface area is 100.0 Å². The maximum absolute atomic E-state index is 11.7. The van der Waals surface area contributed by atoms with E-state index >= 15 is 0 Å². The Balaban J connectivity index is 2.16. The Hall–Kier alpha value is -0.330. The van der Waals surface area contributed by atoms with Gasteiger partial charge in [-0.05, 0) is 48.3 Å². The van der Waals surface area contributed by atoms with Gasteiger partial charge in [0.2, 0.25) is 0 Å². The third-order valence-electron chi connectivity index (χ3n) is 5.60. The van der Waals surface area contributed by atoms with E-state index in [1.807, 2.05) is 0 Å². The Morgan fingerprint density at radius 3 is 2.56 bits per heavy atom. The number of carbonyl (C=O) groups is 1. The number of Topliss-reactive ketones (excluding diaryl/α,β-unsaturated/α-hetero) is 1. The number of hydrogen-bond acceptors (Lipinski definition) is 1. The van der Waals surface area contributed by atoms with E-state index in [4.69, 9.17) is 0 Å². The number of carbonyl (C=O) groups excluding carboxylic acids is 1. The summed E-state index contributed by atoms with van der Waals surface area (Å²) in [6, 6.07) is 0. The van der Waals surface area contributed by atoms with Crippen LogP contribution in [0.25, 0.3) is 0 Å². The summed E-state index contributed by atoms with van der Waals surface area (Å²) in [5.41, 5.74) is 0.446. The predicted octanol–water partition coefficient (Wildman–Crippen LogP) is 4.06. The summed E-state index contributed by atoms with van der Waals surface area (Å²) in [5, 5.41) is 0. The normalized spacial score (nSPS) is 44.6. The van der Waals surface area contributed by atoms with Crippen molar-refractivity contribution in [1.82, 2.24) is 0 Å². The van der Waals surface area contributed by atoms with Crippen molar-refractivity contribution in [3.8, 4) is 0 Å². The van der Waals surface area contributed by atoms with Crippen molar-refractivity contribution in [2.45, 2.75) is 59.8 Å². The monoisotopic (exact) mass is 222 g/mol. The fourth-order valence-corrected chi connectivity index (χ4v) is 4.02. The zero-order valence-corrected chi connectivity index (χ0v) is 11.3. The second-order valence-electron chi connectivity index (χ2n) is 6.84. The molecule has 0 aliphatic heterocycles. The van der Waals surface area contributed by atoms with Crippen molar-refractivity contribution in [1.29, 1.82) is 0 Å². The molecule has 2 fully saturated rings. The Morgan fingerprint density at radius 2 is 1.94 bits per heavy atom. The zero-order valence-electron chi connectivity index (χ0n) is 11.3. The minimum atomic E-state index is 0.446. The largest absolute Gasteiger partial charge is 0.300 e. The van der Waals surface area contributed by atoms with Gasteiger partial charge in [-0.1, -0.05) is 27.7 Å². The molecule has 0 aromatic carbocycles. The van der Waals surface area contributed by atoms with Crippen molar-refractivity contribution in [3.63, 3.8) is 0 Å². The number of fused-ring (bicyclic) bond motifs is 1. The third-order valence-corrected chi connectivity index (χ3v) is 5.60. The van der Waals surface area contributed by atoms with E-state index < -0.39 is 0 Å². The van der Waals surface area contributed by atoms with Crippen LogP contribution >= 0.6 is 0 Å². The summed E-state index contributed by atoms with van der Waals surface area (Å²) >= 11 is 0. The lowest BCUT2D eigenvalue weighted by Gasteiger charge is -2.52. The molecule has 1 heteroatoms. The topological polar surface area (TPSA) is 17.1 Å². The van der Waals surface area contributed by atoms with Crippen molar-refractivity contribution in [2.24, 2.45) is 29.1 Å². The highest BCUT2D eigenvalue weighted by Crippen LogP contribution is 2.54. The molecule has 1 nitrogen and oxygen atoms in total. The van der Waals surface area contributed by atoms with Gasteiger partial charge < -0.3 is 0 Å². The van der Waals surface area contributed by atoms with E-state index in [1.165, 1.54) is 19.3 Å². The molecule has 2 saturated carbocycles. The molecule has 2 rings (SSSR count). The Morgan fingerprint density at radius 1 is 1.25 bits per heavy atom. The average Bonchev–Trinajstić information content (AvgIpc) is 2.19. The molecule has 0 amide bonds. The number of ketones is 1. The SMILES string of the molecule is CC(C)[C@@H]1CC[C@H]2CC(=O)C[C@@H](C)[C@]2(C)C1. The lowest BCUT2D eigenvalue weighted by atomic mass is 9.53. The molecule has 0 bridgehead atoms. The standard InChI is InChI=1S/C15H26O/c1-10(2)12-5-6-13-8-14(16)7-11(3)15(13,4)9-12/h10-13H,5-9H2,1-4H3/t11-,12-,13+,15+/m1/s1. The number of rotatable bonds is 1. The molecule has 0 N–H and O–H groups in total. The van der Waals surface area contributed by atoms with E-state index in [0.717, 1.165) is 24.7 Å². The van der Waals surface area contributed by atoms with Gasteiger partial charge in [0.1, 0.15) is 5.78 Å². The molecular weight excluding hydrogens is 196 g/mol. The van der Waals surface area contributed by atoms with Crippen molar-refractivity contribution in [2.75, 3.05) is 0 Å². The highest BCUT2D eigenvalue weighted by molar-refractivity contribution is 5.80. The van der Waals surface area contributed by atoms with Gasteiger partial charge in [0.25, 0.3) is 0 Å². The molecule has 16 heavy (non-hydrogen) atoms. The maximum Gasteiger partial charge on any atom is 0.133 e. The van der Waals surface area contributed by atoms with Crippen LogP contribution in [0.3, 0.4) is 0 Å². The molecule has 0 aromatic rings. The number of hydrogen-bond donors (Lipinski definition) is 0. The minimum absolute atomic E-state index is 0.446. The van der Waals surface area contributed by atoms with E-state index in [1.54, 1.807) is 0 Å². The summed E-state index contributed by atoms with van der Waals surface area (Å²) in [6.45, 7) is 9.45. The molecule has 0 aromatic heterocycles. The van der Waals surface area contributed by atoms with E-state index in [0.29, 0.717) is 23.0 Å². The van der Waals surface area contributed by atoms with Gasteiger partial charge in [0.15, 0.2) is 0 Å². The van der Waals surface area contributed by atoms with Gasteiger partial charge in [-0.25, -0.2) is 0 Å². The fourth-order valence-electron chi connectivity index (χ4n) is 4.02. The predicted molar refractivity (Wildman–Crippen MR) is 67.2 cm³/mol. The van der Waals surface area contributed by atoms with E-state index in [-0.39, 0.29) is 0 Å². The molecule has 4 atom stereocenters. The molecule has 0 heterocycles. The molecule has 0 spiro atoms. The molecule has 0 radical (unpaired) electrons. The fraction of sp³-hybridized carbons (Fsp3) is 0.933. The highest BCUT2D eigenvalue weighted by atomic mass is 16.1. The van der Waals surface area contributed by atoms with E-state index in [2.05, 4.69) is 27.7 Å². The van der Waals surface area contributed by atoms with Gasteiger partial charge in [-0.2, -0.15) is 0 Å². The van der Waals surface area contributed by atoms with Crippen LogP contribution in [0.15, 0.2) is 0 Å². The van der Waals surface area contributed by atoms with E-state index in [9.17, 15) is 4.79 Å². The average molecular weight is 222 g/mol. The smallest absolute Gasteiger partial charge is 0.133 e. The lowest BCUT2D eigenvalue weighted by molar-refractivity contribution is -0.131. The minimum Gasteiger partial charge on any atom is -0.300 e.